The monoisotopic (exact) mass is 304 g/mol. The molecule has 0 unspecified atom stereocenters. The number of hydrogen-bond acceptors (Lipinski definition) is 1. The van der Waals surface area contributed by atoms with Gasteiger partial charge in [-0.1, -0.05) is 41.5 Å². The molecule has 0 aromatic carbocycles. The summed E-state index contributed by atoms with van der Waals surface area (Å²) < 4.78 is 2.66. The Morgan fingerprint density at radius 3 is 1.11 bits per heavy atom. The largest absolute Gasteiger partial charge is 0.401 e. The van der Waals surface area contributed by atoms with E-state index >= 15 is 0 Å². The second-order valence-corrected chi connectivity index (χ2v) is 16.1. The van der Waals surface area contributed by atoms with Gasteiger partial charge < -0.3 is 9.96 Å². The zero-order valence-corrected chi connectivity index (χ0v) is 16.0. The van der Waals surface area contributed by atoms with E-state index in [1.807, 2.05) is 0 Å². The van der Waals surface area contributed by atoms with E-state index in [4.69, 9.17) is 18.0 Å². The highest BCUT2D eigenvalue weighted by molar-refractivity contribution is 7.80. The Kier molecular flexibility index (Phi) is 7.70. The molecule has 0 heterocycles. The summed E-state index contributed by atoms with van der Waals surface area (Å²) in [5, 5.41) is 0.699. The van der Waals surface area contributed by atoms with Crippen LogP contribution in [0.5, 0.6) is 0 Å². The Morgan fingerprint density at radius 1 is 0.778 bits per heavy atom. The Hall–Kier alpha value is 0.124. The molecule has 0 radical (unpaired) electrons. The second kappa shape index (κ2) is 7.65. The lowest BCUT2D eigenvalue weighted by Gasteiger charge is -2.52. The lowest BCUT2D eigenvalue weighted by molar-refractivity contribution is 0.800. The van der Waals surface area contributed by atoms with Gasteiger partial charge in [0.05, 0.1) is 0 Å². The van der Waals surface area contributed by atoms with E-state index in [-0.39, 0.29) is 0 Å². The maximum atomic E-state index is 6.19. The molecule has 0 spiro atoms. The van der Waals surface area contributed by atoms with Gasteiger partial charge in [-0.15, -0.1) is 0 Å². The molecule has 0 atom stereocenters. The van der Waals surface area contributed by atoms with Crippen LogP contribution < -0.4 is 5.73 Å². The molecular weight excluding hydrogens is 272 g/mol. The minimum atomic E-state index is -1.48. The summed E-state index contributed by atoms with van der Waals surface area (Å²) in [4.78, 5) is 0. The normalized spacial score (nSPS) is 12.6. The zero-order chi connectivity index (χ0) is 14.4. The molecular formula is C13H32N2SSi2. The van der Waals surface area contributed by atoms with Gasteiger partial charge in [-0.3, -0.25) is 0 Å². The quantitative estimate of drug-likeness (QED) is 0.527. The maximum Gasteiger partial charge on any atom is 0.150 e. The number of nitrogens with two attached hydrogens (primary N) is 1. The Bertz CT molecular complexity index is 227. The van der Waals surface area contributed by atoms with Crippen LogP contribution in [0.25, 0.3) is 0 Å². The second-order valence-electron chi connectivity index (χ2n) is 5.24. The van der Waals surface area contributed by atoms with Crippen LogP contribution in [0.1, 0.15) is 41.5 Å². The number of rotatable bonds is 8. The van der Waals surface area contributed by atoms with E-state index in [1.54, 1.807) is 0 Å². The van der Waals surface area contributed by atoms with Crippen LogP contribution in [0.4, 0.5) is 0 Å². The molecule has 0 aliphatic heterocycles. The molecule has 2 N–H and O–H groups in total. The maximum absolute atomic E-state index is 6.19. The van der Waals surface area contributed by atoms with E-state index in [2.05, 4.69) is 45.8 Å². The smallest absolute Gasteiger partial charge is 0.150 e. The minimum Gasteiger partial charge on any atom is -0.401 e. The van der Waals surface area contributed by atoms with Crippen molar-refractivity contribution in [1.29, 1.82) is 0 Å². The first-order valence-corrected chi connectivity index (χ1v) is 13.1. The highest BCUT2D eigenvalue weighted by Gasteiger charge is 2.46. The van der Waals surface area contributed by atoms with Crippen LogP contribution in [0, 0.1) is 0 Å². The average Bonchev–Trinajstić information content (AvgIpc) is 2.40. The van der Waals surface area contributed by atoms with Crippen LogP contribution >= 0.6 is 12.2 Å². The van der Waals surface area contributed by atoms with E-state index in [0.717, 1.165) is 0 Å². The van der Waals surface area contributed by atoms with Gasteiger partial charge >= 0.3 is 0 Å². The number of nitrogens with zero attached hydrogens (tertiary/aromatic N) is 1. The van der Waals surface area contributed by atoms with Gasteiger partial charge in [-0.25, -0.2) is 0 Å². The van der Waals surface area contributed by atoms with Crippen molar-refractivity contribution in [2.24, 2.45) is 5.73 Å². The Labute approximate surface area is 121 Å². The first kappa shape index (κ1) is 18.1. The zero-order valence-electron chi connectivity index (χ0n) is 13.2. The molecule has 108 valence electrons. The lowest BCUT2D eigenvalue weighted by Crippen LogP contribution is -2.69. The summed E-state index contributed by atoms with van der Waals surface area (Å²) in [5.74, 6) is 0. The summed E-state index contributed by atoms with van der Waals surface area (Å²) in [6.45, 7) is 14.0. The van der Waals surface area contributed by atoms with Crippen molar-refractivity contribution in [3.8, 4) is 0 Å². The van der Waals surface area contributed by atoms with E-state index in [1.165, 1.54) is 36.3 Å². The first-order valence-electron chi connectivity index (χ1n) is 7.53. The highest BCUT2D eigenvalue weighted by Crippen LogP contribution is 2.35. The molecule has 5 heteroatoms. The Balaban J connectivity index is 5.73. The van der Waals surface area contributed by atoms with E-state index in [9.17, 15) is 0 Å². The van der Waals surface area contributed by atoms with Crippen molar-refractivity contribution in [2.45, 2.75) is 77.8 Å². The van der Waals surface area contributed by atoms with Crippen molar-refractivity contribution in [3.05, 3.63) is 0 Å². The van der Waals surface area contributed by atoms with Crippen LogP contribution in [-0.2, 0) is 0 Å². The van der Waals surface area contributed by atoms with Crippen molar-refractivity contribution in [1.82, 2.24) is 4.23 Å². The van der Waals surface area contributed by atoms with E-state index in [0.29, 0.717) is 5.11 Å². The fraction of sp³-hybridized carbons (Fsp3) is 0.923. The predicted octanol–water partition coefficient (Wildman–Crippen LogP) is 4.54. The standard InChI is InChI=1S/C13H32N2SSi2/c1-7-17(8-2,9-3)15(13(14)16)18(10-4,11-5)12-6/h7-12H2,1-6H3,(H2,14,16). The SMILES string of the molecule is CC[Si](CC)(CC)N(C(N)=S)[Si](CC)(CC)CC. The third kappa shape index (κ3) is 3.17. The molecule has 0 amide bonds. The summed E-state index contributed by atoms with van der Waals surface area (Å²) >= 11 is 5.48. The topological polar surface area (TPSA) is 29.3 Å². The number of thiocarbonyl (C=S) groups is 1. The molecule has 2 nitrogen and oxygen atoms in total. The fourth-order valence-electron chi connectivity index (χ4n) is 3.42. The molecule has 18 heavy (non-hydrogen) atoms. The lowest BCUT2D eigenvalue weighted by atomic mass is 10.9. The Morgan fingerprint density at radius 2 is 1.00 bits per heavy atom. The van der Waals surface area contributed by atoms with Crippen molar-refractivity contribution < 1.29 is 0 Å². The van der Waals surface area contributed by atoms with Crippen LogP contribution in [0.3, 0.4) is 0 Å². The third-order valence-electron chi connectivity index (χ3n) is 5.12. The van der Waals surface area contributed by atoms with Crippen molar-refractivity contribution >= 4 is 33.8 Å². The molecule has 0 aliphatic rings. The van der Waals surface area contributed by atoms with Crippen molar-refractivity contribution in [3.63, 3.8) is 0 Å². The molecule has 0 saturated heterocycles. The van der Waals surface area contributed by atoms with Crippen LogP contribution in [-0.4, -0.2) is 25.8 Å². The molecule has 0 aliphatic carbocycles. The first-order chi connectivity index (χ1) is 8.43. The third-order valence-corrected chi connectivity index (χ3v) is 18.7. The highest BCUT2D eigenvalue weighted by atomic mass is 32.1. The molecule has 0 bridgehead atoms. The summed E-state index contributed by atoms with van der Waals surface area (Å²) in [5.41, 5.74) is 6.19. The molecule has 0 saturated carbocycles. The van der Waals surface area contributed by atoms with Crippen LogP contribution in [0.15, 0.2) is 0 Å². The van der Waals surface area contributed by atoms with E-state index < -0.39 is 16.5 Å². The summed E-state index contributed by atoms with van der Waals surface area (Å²) in [6, 6.07) is 7.62. The van der Waals surface area contributed by atoms with Crippen LogP contribution in [0.2, 0.25) is 36.3 Å². The number of hydrogen-bond donors (Lipinski definition) is 1. The van der Waals surface area contributed by atoms with Gasteiger partial charge in [0.15, 0.2) is 0 Å². The fourth-order valence-corrected chi connectivity index (χ4v) is 17.3. The van der Waals surface area contributed by atoms with Gasteiger partial charge in [0.2, 0.25) is 0 Å². The minimum absolute atomic E-state index is 0.699. The molecule has 0 aromatic heterocycles. The average molecular weight is 305 g/mol. The van der Waals surface area contributed by atoms with Gasteiger partial charge in [0.25, 0.3) is 0 Å². The van der Waals surface area contributed by atoms with Crippen molar-refractivity contribution in [2.75, 3.05) is 0 Å². The molecule has 0 rings (SSSR count). The van der Waals surface area contributed by atoms with Gasteiger partial charge in [-0.2, -0.15) is 0 Å². The van der Waals surface area contributed by atoms with Gasteiger partial charge in [0, 0.05) is 0 Å². The predicted molar refractivity (Wildman–Crippen MR) is 93.0 cm³/mol. The summed E-state index contributed by atoms with van der Waals surface area (Å²) in [7, 11) is -2.96. The van der Waals surface area contributed by atoms with Gasteiger partial charge in [0.1, 0.15) is 21.6 Å². The molecule has 0 fully saturated rings. The summed E-state index contributed by atoms with van der Waals surface area (Å²) in [6.07, 6.45) is 0. The molecule has 0 aromatic rings. The van der Waals surface area contributed by atoms with Gasteiger partial charge in [-0.05, 0) is 48.5 Å².